The molecule has 2 heterocycles. The molecule has 1 aromatic carbocycles. The number of benzene rings is 1. The summed E-state index contributed by atoms with van der Waals surface area (Å²) in [4.78, 5) is 2.47. The molecular weight excluding hydrogens is 257 g/mol. The number of halogens is 1. The van der Waals surface area contributed by atoms with Gasteiger partial charge in [-0.25, -0.2) is 4.39 Å². The molecule has 2 atom stereocenters. The molecule has 1 aromatic rings. The predicted octanol–water partition coefficient (Wildman–Crippen LogP) is 2.10. The van der Waals surface area contributed by atoms with Gasteiger partial charge in [-0.3, -0.25) is 4.90 Å². The maximum atomic E-state index is 13.3. The van der Waals surface area contributed by atoms with Crippen LogP contribution >= 0.6 is 0 Å². The molecule has 0 saturated carbocycles. The average Bonchev–Trinajstić information content (AvgIpc) is 2.38. The lowest BCUT2D eigenvalue weighted by molar-refractivity contribution is -0.102. The van der Waals surface area contributed by atoms with Crippen LogP contribution in [0.3, 0.4) is 0 Å². The van der Waals surface area contributed by atoms with Gasteiger partial charge >= 0.3 is 0 Å². The molecule has 110 valence electrons. The molecule has 0 aliphatic carbocycles. The zero-order valence-electron chi connectivity index (χ0n) is 11.9. The number of likely N-dealkylation sites (tertiary alicyclic amines) is 1. The minimum Gasteiger partial charge on any atom is -0.380 e. The Bertz CT molecular complexity index is 450. The summed E-state index contributed by atoms with van der Waals surface area (Å²) in [5.74, 6) is 0.319. The van der Waals surface area contributed by atoms with Gasteiger partial charge in [0.15, 0.2) is 0 Å². The van der Waals surface area contributed by atoms with Gasteiger partial charge in [0.2, 0.25) is 0 Å². The van der Waals surface area contributed by atoms with E-state index in [0.29, 0.717) is 12.0 Å². The number of piperidine rings is 1. The summed E-state index contributed by atoms with van der Waals surface area (Å²) in [6, 6.07) is 7.49. The van der Waals surface area contributed by atoms with E-state index in [1.165, 1.54) is 6.07 Å². The first-order valence-corrected chi connectivity index (χ1v) is 7.35. The van der Waals surface area contributed by atoms with Crippen molar-refractivity contribution < 1.29 is 13.9 Å². The van der Waals surface area contributed by atoms with Gasteiger partial charge in [0.05, 0.1) is 25.4 Å². The molecule has 0 radical (unpaired) electrons. The fourth-order valence-corrected chi connectivity index (χ4v) is 3.22. The number of nitrogens with zero attached hydrogens (tertiary/aromatic N) is 1. The van der Waals surface area contributed by atoms with Crippen molar-refractivity contribution in [2.45, 2.75) is 25.0 Å². The highest BCUT2D eigenvalue weighted by Gasteiger charge is 2.35. The van der Waals surface area contributed by atoms with E-state index in [1.807, 2.05) is 6.07 Å². The summed E-state index contributed by atoms with van der Waals surface area (Å²) in [6.45, 7) is 3.76. The highest BCUT2D eigenvalue weighted by atomic mass is 19.1. The van der Waals surface area contributed by atoms with Gasteiger partial charge in [-0.15, -0.1) is 0 Å². The van der Waals surface area contributed by atoms with Crippen molar-refractivity contribution in [3.05, 3.63) is 35.6 Å². The lowest BCUT2D eigenvalue weighted by Crippen LogP contribution is -2.56. The smallest absolute Gasteiger partial charge is 0.123 e. The molecule has 2 fully saturated rings. The van der Waals surface area contributed by atoms with Crippen molar-refractivity contribution >= 4 is 0 Å². The fraction of sp³-hybridized carbons (Fsp3) is 0.625. The molecule has 0 bridgehead atoms. The first-order valence-electron chi connectivity index (χ1n) is 7.35. The van der Waals surface area contributed by atoms with Crippen molar-refractivity contribution in [3.63, 3.8) is 0 Å². The molecule has 2 aliphatic heterocycles. The number of rotatable bonds is 4. The summed E-state index contributed by atoms with van der Waals surface area (Å²) in [6.07, 6.45) is 2.23. The van der Waals surface area contributed by atoms with Crippen LogP contribution in [0.5, 0.6) is 0 Å². The van der Waals surface area contributed by atoms with Crippen molar-refractivity contribution in [1.29, 1.82) is 0 Å². The van der Waals surface area contributed by atoms with Gasteiger partial charge in [-0.2, -0.15) is 0 Å². The van der Waals surface area contributed by atoms with E-state index in [9.17, 15) is 4.39 Å². The molecular formula is C16H22FNO2. The maximum Gasteiger partial charge on any atom is 0.123 e. The van der Waals surface area contributed by atoms with Crippen molar-refractivity contribution in [3.8, 4) is 0 Å². The van der Waals surface area contributed by atoms with Crippen LogP contribution < -0.4 is 0 Å². The monoisotopic (exact) mass is 279 g/mol. The first-order chi connectivity index (χ1) is 9.76. The molecule has 3 nitrogen and oxygen atoms in total. The highest BCUT2D eigenvalue weighted by molar-refractivity contribution is 5.17. The third-order valence-electron chi connectivity index (χ3n) is 4.55. The fourth-order valence-electron chi connectivity index (χ4n) is 3.22. The van der Waals surface area contributed by atoms with Crippen LogP contribution in [-0.4, -0.2) is 50.5 Å². The summed E-state index contributed by atoms with van der Waals surface area (Å²) < 4.78 is 24.2. The Morgan fingerprint density at radius 1 is 1.40 bits per heavy atom. The average molecular weight is 279 g/mol. The summed E-state index contributed by atoms with van der Waals surface area (Å²) in [5, 5.41) is 0. The molecule has 0 unspecified atom stereocenters. The highest BCUT2D eigenvalue weighted by Crippen LogP contribution is 2.27. The summed E-state index contributed by atoms with van der Waals surface area (Å²) >= 11 is 0. The van der Waals surface area contributed by atoms with Crippen LogP contribution in [0.25, 0.3) is 0 Å². The van der Waals surface area contributed by atoms with E-state index < -0.39 is 0 Å². The van der Waals surface area contributed by atoms with E-state index >= 15 is 0 Å². The number of hydrogen-bond donors (Lipinski definition) is 0. The van der Waals surface area contributed by atoms with Crippen LogP contribution in [0, 0.1) is 11.7 Å². The molecule has 2 saturated heterocycles. The molecule has 0 amide bonds. The van der Waals surface area contributed by atoms with Gasteiger partial charge in [0, 0.05) is 13.7 Å². The van der Waals surface area contributed by atoms with E-state index in [-0.39, 0.29) is 11.9 Å². The first kappa shape index (κ1) is 14.0. The quantitative estimate of drug-likeness (QED) is 0.842. The Balaban J connectivity index is 1.61. The standard InChI is InChI=1S/C16H22FNO2/c1-19-16-9-18(15-10-20-11-15)6-5-13(16)7-12-3-2-4-14(17)8-12/h2-4,8,13,15-16H,5-7,9-11H2,1H3/t13-,16-/m1/s1. The van der Waals surface area contributed by atoms with Gasteiger partial charge in [0.25, 0.3) is 0 Å². The molecule has 4 heteroatoms. The summed E-state index contributed by atoms with van der Waals surface area (Å²) in [7, 11) is 1.78. The van der Waals surface area contributed by atoms with Gasteiger partial charge in [0.1, 0.15) is 5.82 Å². The van der Waals surface area contributed by atoms with Crippen molar-refractivity contribution in [2.24, 2.45) is 5.92 Å². The van der Waals surface area contributed by atoms with Gasteiger partial charge < -0.3 is 9.47 Å². The predicted molar refractivity (Wildman–Crippen MR) is 75.2 cm³/mol. The lowest BCUT2D eigenvalue weighted by atomic mass is 9.87. The van der Waals surface area contributed by atoms with E-state index in [1.54, 1.807) is 19.2 Å². The van der Waals surface area contributed by atoms with Crippen molar-refractivity contribution in [1.82, 2.24) is 4.90 Å². The third-order valence-corrected chi connectivity index (χ3v) is 4.55. The second-order valence-corrected chi connectivity index (χ2v) is 5.84. The Labute approximate surface area is 119 Å². The second kappa shape index (κ2) is 6.20. The Kier molecular flexibility index (Phi) is 4.34. The van der Waals surface area contributed by atoms with Crippen LogP contribution in [-0.2, 0) is 15.9 Å². The number of methoxy groups -OCH3 is 1. The molecule has 3 rings (SSSR count). The molecule has 2 aliphatic rings. The normalized spacial score (nSPS) is 28.3. The molecule has 20 heavy (non-hydrogen) atoms. The van der Waals surface area contributed by atoms with Crippen LogP contribution in [0.1, 0.15) is 12.0 Å². The summed E-state index contributed by atoms with van der Waals surface area (Å²) in [5.41, 5.74) is 1.07. The van der Waals surface area contributed by atoms with E-state index in [2.05, 4.69) is 4.90 Å². The Morgan fingerprint density at radius 3 is 2.90 bits per heavy atom. The zero-order chi connectivity index (χ0) is 13.9. The Hall–Kier alpha value is -0.970. The molecule has 0 N–H and O–H groups in total. The van der Waals surface area contributed by atoms with Crippen LogP contribution in [0.2, 0.25) is 0 Å². The molecule has 0 aromatic heterocycles. The SMILES string of the molecule is CO[C@@H]1CN(C2COC2)CC[C@@H]1Cc1cccc(F)c1. The van der Waals surface area contributed by atoms with Crippen molar-refractivity contribution in [2.75, 3.05) is 33.4 Å². The topological polar surface area (TPSA) is 21.7 Å². The van der Waals surface area contributed by atoms with E-state index in [4.69, 9.17) is 9.47 Å². The largest absolute Gasteiger partial charge is 0.380 e. The lowest BCUT2D eigenvalue weighted by Gasteiger charge is -2.44. The zero-order valence-corrected chi connectivity index (χ0v) is 11.9. The van der Waals surface area contributed by atoms with Gasteiger partial charge in [-0.05, 0) is 43.0 Å². The Morgan fingerprint density at radius 2 is 2.25 bits per heavy atom. The third kappa shape index (κ3) is 3.03. The number of hydrogen-bond acceptors (Lipinski definition) is 3. The number of ether oxygens (including phenoxy) is 2. The minimum absolute atomic E-state index is 0.152. The van der Waals surface area contributed by atoms with Crippen LogP contribution in [0.15, 0.2) is 24.3 Å². The molecule has 0 spiro atoms. The van der Waals surface area contributed by atoms with E-state index in [0.717, 1.165) is 44.7 Å². The minimum atomic E-state index is -0.152. The maximum absolute atomic E-state index is 13.3. The second-order valence-electron chi connectivity index (χ2n) is 5.84. The van der Waals surface area contributed by atoms with Crippen LogP contribution in [0.4, 0.5) is 4.39 Å². The van der Waals surface area contributed by atoms with Gasteiger partial charge in [-0.1, -0.05) is 12.1 Å².